The molecular formula is C12H17NO2S. The molecule has 1 fully saturated rings. The van der Waals surface area contributed by atoms with Gasteiger partial charge in [-0.2, -0.15) is 0 Å². The molecule has 1 heterocycles. The summed E-state index contributed by atoms with van der Waals surface area (Å²) in [5.74, 6) is 0.0236. The second-order valence-electron chi connectivity index (χ2n) is 4.34. The highest BCUT2D eigenvalue weighted by Gasteiger charge is 2.35. The molecule has 3 nitrogen and oxygen atoms in total. The Hall–Kier alpha value is -0.870. The third-order valence-electron chi connectivity index (χ3n) is 2.99. The van der Waals surface area contributed by atoms with E-state index in [1.165, 1.54) is 30.6 Å². The van der Waals surface area contributed by atoms with Gasteiger partial charge in [-0.25, -0.2) is 4.79 Å². The van der Waals surface area contributed by atoms with Crippen LogP contribution < -0.4 is 5.32 Å². The molecule has 1 aromatic rings. The first-order chi connectivity index (χ1) is 7.70. The Balaban J connectivity index is 1.76. The third-order valence-corrected chi connectivity index (χ3v) is 4.07. The Morgan fingerprint density at radius 2 is 2.44 bits per heavy atom. The second-order valence-corrected chi connectivity index (χ2v) is 5.51. The summed E-state index contributed by atoms with van der Waals surface area (Å²) in [5, 5.41) is 12.3. The standard InChI is InChI=1S/C12H17NO2S/c1-2-3-8-6-10(8)13-7-9-4-5-11(16-9)12(14)15/h4-5,8,10,13H,2-3,6-7H2,1H3,(H,14,15). The summed E-state index contributed by atoms with van der Waals surface area (Å²) in [5.41, 5.74) is 0. The fraction of sp³-hybridized carbons (Fsp3) is 0.583. The van der Waals surface area contributed by atoms with Gasteiger partial charge in [-0.15, -0.1) is 11.3 Å². The molecule has 4 heteroatoms. The monoisotopic (exact) mass is 239 g/mol. The lowest BCUT2D eigenvalue weighted by Gasteiger charge is -2.00. The maximum atomic E-state index is 10.7. The van der Waals surface area contributed by atoms with Crippen LogP contribution in [0.15, 0.2) is 12.1 Å². The number of hydrogen-bond donors (Lipinski definition) is 2. The van der Waals surface area contributed by atoms with E-state index in [-0.39, 0.29) is 0 Å². The summed E-state index contributed by atoms with van der Waals surface area (Å²) in [6, 6.07) is 4.24. The highest BCUT2D eigenvalue weighted by molar-refractivity contribution is 7.13. The first kappa shape index (κ1) is 11.6. The smallest absolute Gasteiger partial charge is 0.345 e. The van der Waals surface area contributed by atoms with Gasteiger partial charge in [-0.05, 0) is 30.9 Å². The number of nitrogens with one attached hydrogen (secondary N) is 1. The van der Waals surface area contributed by atoms with E-state index in [2.05, 4.69) is 12.2 Å². The van der Waals surface area contributed by atoms with E-state index >= 15 is 0 Å². The van der Waals surface area contributed by atoms with Gasteiger partial charge in [-0.3, -0.25) is 0 Å². The molecule has 0 aliphatic heterocycles. The van der Waals surface area contributed by atoms with Crippen LogP contribution in [0.4, 0.5) is 0 Å². The van der Waals surface area contributed by atoms with Crippen molar-refractivity contribution in [2.75, 3.05) is 0 Å². The molecule has 0 saturated heterocycles. The molecule has 0 amide bonds. The zero-order chi connectivity index (χ0) is 11.5. The molecule has 2 unspecified atom stereocenters. The van der Waals surface area contributed by atoms with Gasteiger partial charge in [0.15, 0.2) is 0 Å². The summed E-state index contributed by atoms with van der Waals surface area (Å²) in [6.07, 6.45) is 3.85. The molecule has 1 saturated carbocycles. The van der Waals surface area contributed by atoms with E-state index < -0.39 is 5.97 Å². The Morgan fingerprint density at radius 3 is 3.06 bits per heavy atom. The lowest BCUT2D eigenvalue weighted by atomic mass is 10.2. The molecular weight excluding hydrogens is 222 g/mol. The van der Waals surface area contributed by atoms with Crippen LogP contribution >= 0.6 is 11.3 Å². The van der Waals surface area contributed by atoms with Crippen molar-refractivity contribution in [3.63, 3.8) is 0 Å². The van der Waals surface area contributed by atoms with Gasteiger partial charge in [0.05, 0.1) is 0 Å². The zero-order valence-corrected chi connectivity index (χ0v) is 10.2. The fourth-order valence-corrected chi connectivity index (χ4v) is 2.80. The van der Waals surface area contributed by atoms with E-state index in [0.29, 0.717) is 10.9 Å². The van der Waals surface area contributed by atoms with Crippen LogP contribution in [0.2, 0.25) is 0 Å². The van der Waals surface area contributed by atoms with Crippen LogP contribution in [0.3, 0.4) is 0 Å². The van der Waals surface area contributed by atoms with Crippen LogP contribution in [-0.2, 0) is 6.54 Å². The lowest BCUT2D eigenvalue weighted by molar-refractivity contribution is 0.0702. The quantitative estimate of drug-likeness (QED) is 0.802. The van der Waals surface area contributed by atoms with E-state index in [9.17, 15) is 4.79 Å². The number of carbonyl (C=O) groups is 1. The predicted molar refractivity (Wildman–Crippen MR) is 64.9 cm³/mol. The largest absolute Gasteiger partial charge is 0.477 e. The Bertz CT molecular complexity index is 375. The highest BCUT2D eigenvalue weighted by atomic mass is 32.1. The maximum absolute atomic E-state index is 10.7. The minimum absolute atomic E-state index is 0.428. The van der Waals surface area contributed by atoms with Crippen molar-refractivity contribution < 1.29 is 9.90 Å². The van der Waals surface area contributed by atoms with Gasteiger partial charge in [0.1, 0.15) is 4.88 Å². The van der Waals surface area contributed by atoms with E-state index in [1.807, 2.05) is 6.07 Å². The summed E-state index contributed by atoms with van der Waals surface area (Å²) in [7, 11) is 0. The number of thiophene rings is 1. The summed E-state index contributed by atoms with van der Waals surface area (Å²) < 4.78 is 0. The van der Waals surface area contributed by atoms with Crippen LogP contribution in [-0.4, -0.2) is 17.1 Å². The number of rotatable bonds is 6. The molecule has 1 aromatic heterocycles. The summed E-state index contributed by atoms with van der Waals surface area (Å²) >= 11 is 1.36. The number of aromatic carboxylic acids is 1. The predicted octanol–water partition coefficient (Wildman–Crippen LogP) is 2.72. The molecule has 16 heavy (non-hydrogen) atoms. The molecule has 2 N–H and O–H groups in total. The zero-order valence-electron chi connectivity index (χ0n) is 9.40. The second kappa shape index (κ2) is 4.97. The van der Waals surface area contributed by atoms with E-state index in [4.69, 9.17) is 5.11 Å². The van der Waals surface area contributed by atoms with Crippen molar-refractivity contribution in [3.05, 3.63) is 21.9 Å². The van der Waals surface area contributed by atoms with Crippen LogP contribution in [0.5, 0.6) is 0 Å². The maximum Gasteiger partial charge on any atom is 0.345 e. The Labute approximate surface area is 99.5 Å². The molecule has 0 spiro atoms. The molecule has 1 aliphatic carbocycles. The van der Waals surface area contributed by atoms with E-state index in [0.717, 1.165) is 17.3 Å². The Kier molecular flexibility index (Phi) is 3.61. The normalized spacial score (nSPS) is 23.3. The first-order valence-electron chi connectivity index (χ1n) is 5.76. The molecule has 88 valence electrons. The number of carboxylic acid groups (broad SMARTS) is 1. The number of carboxylic acids is 1. The Morgan fingerprint density at radius 1 is 1.62 bits per heavy atom. The van der Waals surface area contributed by atoms with Gasteiger partial charge >= 0.3 is 5.97 Å². The first-order valence-corrected chi connectivity index (χ1v) is 6.57. The summed E-state index contributed by atoms with van der Waals surface area (Å²) in [6.45, 7) is 3.02. The molecule has 0 radical (unpaired) electrons. The van der Waals surface area contributed by atoms with Crippen LogP contribution in [0.1, 0.15) is 40.7 Å². The van der Waals surface area contributed by atoms with Crippen molar-refractivity contribution in [1.29, 1.82) is 0 Å². The van der Waals surface area contributed by atoms with Crippen molar-refractivity contribution in [2.45, 2.75) is 38.8 Å². The minimum atomic E-state index is -0.827. The SMILES string of the molecule is CCCC1CC1NCc1ccc(C(=O)O)s1. The van der Waals surface area contributed by atoms with Gasteiger partial charge < -0.3 is 10.4 Å². The average Bonchev–Trinajstić information content (AvgIpc) is 2.80. The summed E-state index contributed by atoms with van der Waals surface area (Å²) in [4.78, 5) is 12.2. The average molecular weight is 239 g/mol. The molecule has 0 bridgehead atoms. The van der Waals surface area contributed by atoms with Gasteiger partial charge in [0.25, 0.3) is 0 Å². The van der Waals surface area contributed by atoms with Crippen LogP contribution in [0, 0.1) is 5.92 Å². The van der Waals surface area contributed by atoms with Crippen LogP contribution in [0.25, 0.3) is 0 Å². The molecule has 2 rings (SSSR count). The van der Waals surface area contributed by atoms with Crippen molar-refractivity contribution in [2.24, 2.45) is 5.92 Å². The van der Waals surface area contributed by atoms with Gasteiger partial charge in [-0.1, -0.05) is 13.3 Å². The third kappa shape index (κ3) is 2.83. The molecule has 0 aromatic carbocycles. The molecule has 1 aliphatic rings. The minimum Gasteiger partial charge on any atom is -0.477 e. The van der Waals surface area contributed by atoms with Gasteiger partial charge in [0.2, 0.25) is 0 Å². The highest BCUT2D eigenvalue weighted by Crippen LogP contribution is 2.34. The molecule has 2 atom stereocenters. The number of hydrogen-bond acceptors (Lipinski definition) is 3. The van der Waals surface area contributed by atoms with Crippen molar-refractivity contribution in [3.8, 4) is 0 Å². The van der Waals surface area contributed by atoms with Crippen molar-refractivity contribution >= 4 is 17.3 Å². The fourth-order valence-electron chi connectivity index (χ4n) is 2.01. The van der Waals surface area contributed by atoms with Crippen molar-refractivity contribution in [1.82, 2.24) is 5.32 Å². The van der Waals surface area contributed by atoms with E-state index in [1.54, 1.807) is 6.07 Å². The topological polar surface area (TPSA) is 49.3 Å². The van der Waals surface area contributed by atoms with Gasteiger partial charge in [0, 0.05) is 17.5 Å². The lowest BCUT2D eigenvalue weighted by Crippen LogP contribution is -2.16.